The second kappa shape index (κ2) is 8.92. The first kappa shape index (κ1) is 19.3. The molecule has 2 N–H and O–H groups in total. The summed E-state index contributed by atoms with van der Waals surface area (Å²) in [5, 5.41) is 2.91. The number of amides is 1. The summed E-state index contributed by atoms with van der Waals surface area (Å²) < 4.78 is 5.39. The number of hydrogen-bond acceptors (Lipinski definition) is 5. The van der Waals surface area contributed by atoms with Crippen molar-refractivity contribution in [3.05, 3.63) is 57.8 Å². The van der Waals surface area contributed by atoms with E-state index in [0.29, 0.717) is 12.3 Å². The first-order valence-electron chi connectivity index (χ1n) is 9.31. The number of aromatic amines is 1. The van der Waals surface area contributed by atoms with E-state index in [1.807, 2.05) is 24.3 Å². The van der Waals surface area contributed by atoms with Crippen LogP contribution in [0.4, 0.5) is 5.69 Å². The molecule has 0 aliphatic carbocycles. The van der Waals surface area contributed by atoms with E-state index in [-0.39, 0.29) is 11.6 Å². The van der Waals surface area contributed by atoms with Crippen molar-refractivity contribution in [1.82, 2.24) is 14.9 Å². The van der Waals surface area contributed by atoms with Gasteiger partial charge in [-0.15, -0.1) is 0 Å². The van der Waals surface area contributed by atoms with Gasteiger partial charge in [0.1, 0.15) is 5.69 Å². The fraction of sp³-hybridized carbons (Fsp3) is 0.450. The summed E-state index contributed by atoms with van der Waals surface area (Å²) in [6, 6.07) is 9.36. The molecule has 0 saturated carbocycles. The largest absolute Gasteiger partial charge is 0.379 e. The number of carbonyl (C=O) groups excluding carboxylic acids is 1. The van der Waals surface area contributed by atoms with Crippen molar-refractivity contribution in [2.75, 3.05) is 31.6 Å². The van der Waals surface area contributed by atoms with Gasteiger partial charge in [0.25, 0.3) is 5.91 Å². The maximum Gasteiger partial charge on any atom is 0.345 e. The Morgan fingerprint density at radius 2 is 2.04 bits per heavy atom. The van der Waals surface area contributed by atoms with Gasteiger partial charge >= 0.3 is 5.69 Å². The zero-order valence-corrected chi connectivity index (χ0v) is 15.8. The first-order valence-corrected chi connectivity index (χ1v) is 9.31. The third-order valence-electron chi connectivity index (χ3n) is 4.42. The molecule has 0 unspecified atom stereocenters. The number of H-pyrrole nitrogens is 1. The van der Waals surface area contributed by atoms with Gasteiger partial charge < -0.3 is 15.0 Å². The number of para-hydroxylation sites is 1. The number of ether oxygens (including phenoxy) is 1. The number of carbonyl (C=O) groups is 1. The van der Waals surface area contributed by atoms with Crippen LogP contribution >= 0.6 is 0 Å². The molecule has 144 valence electrons. The van der Waals surface area contributed by atoms with E-state index in [4.69, 9.17) is 4.74 Å². The molecule has 1 aromatic carbocycles. The van der Waals surface area contributed by atoms with E-state index < -0.39 is 5.69 Å². The van der Waals surface area contributed by atoms with Gasteiger partial charge in [0, 0.05) is 31.0 Å². The number of nitrogens with zero attached hydrogens (tertiary/aromatic N) is 2. The van der Waals surface area contributed by atoms with Gasteiger partial charge in [-0.25, -0.2) is 4.79 Å². The highest BCUT2D eigenvalue weighted by atomic mass is 16.5. The minimum absolute atomic E-state index is 0.135. The molecule has 2 aromatic rings. The van der Waals surface area contributed by atoms with Gasteiger partial charge in [0.2, 0.25) is 0 Å². The van der Waals surface area contributed by atoms with E-state index in [1.54, 1.807) is 6.07 Å². The van der Waals surface area contributed by atoms with Gasteiger partial charge in [0.05, 0.1) is 13.2 Å². The Balaban J connectivity index is 1.76. The van der Waals surface area contributed by atoms with Crippen LogP contribution in [0.15, 0.2) is 35.1 Å². The zero-order chi connectivity index (χ0) is 19.2. The number of rotatable bonds is 6. The van der Waals surface area contributed by atoms with Gasteiger partial charge in [-0.1, -0.05) is 32.0 Å². The number of morpholine rings is 1. The first-order chi connectivity index (χ1) is 13.0. The van der Waals surface area contributed by atoms with Crippen molar-refractivity contribution >= 4 is 11.6 Å². The Morgan fingerprint density at radius 1 is 1.30 bits per heavy atom. The third kappa shape index (κ3) is 5.48. The van der Waals surface area contributed by atoms with Crippen LogP contribution in [0.25, 0.3) is 0 Å². The van der Waals surface area contributed by atoms with Crippen molar-refractivity contribution in [3.63, 3.8) is 0 Å². The number of nitrogens with one attached hydrogen (secondary N) is 2. The van der Waals surface area contributed by atoms with Crippen LogP contribution in [0.2, 0.25) is 0 Å². The molecule has 7 nitrogen and oxygen atoms in total. The Morgan fingerprint density at radius 3 is 2.78 bits per heavy atom. The molecule has 0 bridgehead atoms. The summed E-state index contributed by atoms with van der Waals surface area (Å²) in [7, 11) is 0. The van der Waals surface area contributed by atoms with Crippen LogP contribution < -0.4 is 11.0 Å². The monoisotopic (exact) mass is 370 g/mol. The standard InChI is InChI=1S/C20H26N4O3/c1-14(2)11-16-12-18(23-20(26)21-16)19(25)22-17-6-4-3-5-15(17)13-24-7-9-27-10-8-24/h3-6,12,14H,7-11,13H2,1-2H3,(H,22,25)(H,21,23,26). The molecular weight excluding hydrogens is 344 g/mol. The lowest BCUT2D eigenvalue weighted by Gasteiger charge is -2.27. The second-order valence-corrected chi connectivity index (χ2v) is 7.19. The van der Waals surface area contributed by atoms with E-state index >= 15 is 0 Å². The lowest BCUT2D eigenvalue weighted by Crippen LogP contribution is -2.35. The summed E-state index contributed by atoms with van der Waals surface area (Å²) in [5.41, 5.74) is 2.12. The summed E-state index contributed by atoms with van der Waals surface area (Å²) in [4.78, 5) is 33.3. The summed E-state index contributed by atoms with van der Waals surface area (Å²) in [5.74, 6) is -0.00579. The van der Waals surface area contributed by atoms with E-state index in [2.05, 4.69) is 34.0 Å². The van der Waals surface area contributed by atoms with Crippen molar-refractivity contribution in [2.45, 2.75) is 26.8 Å². The van der Waals surface area contributed by atoms with Crippen LogP contribution in [0.3, 0.4) is 0 Å². The molecule has 1 aromatic heterocycles. The molecule has 27 heavy (non-hydrogen) atoms. The van der Waals surface area contributed by atoms with E-state index in [1.165, 1.54) is 0 Å². The lowest BCUT2D eigenvalue weighted by atomic mass is 10.1. The average Bonchev–Trinajstić information content (AvgIpc) is 2.63. The second-order valence-electron chi connectivity index (χ2n) is 7.19. The quantitative estimate of drug-likeness (QED) is 0.813. The highest BCUT2D eigenvalue weighted by Gasteiger charge is 2.16. The SMILES string of the molecule is CC(C)Cc1cc(C(=O)Nc2ccccc2CN2CCOCC2)nc(=O)[nH]1. The van der Waals surface area contributed by atoms with Crippen LogP contribution in [-0.4, -0.2) is 47.1 Å². The number of anilines is 1. The molecule has 1 aliphatic rings. The molecule has 0 atom stereocenters. The zero-order valence-electron chi connectivity index (χ0n) is 15.8. The van der Waals surface area contributed by atoms with Crippen molar-refractivity contribution in [2.24, 2.45) is 5.92 Å². The molecule has 0 radical (unpaired) electrons. The maximum atomic E-state index is 12.7. The number of aromatic nitrogens is 2. The molecule has 2 heterocycles. The topological polar surface area (TPSA) is 87.3 Å². The fourth-order valence-electron chi connectivity index (χ4n) is 3.14. The maximum absolute atomic E-state index is 12.7. The Bertz CT molecular complexity index is 841. The molecule has 3 rings (SSSR count). The minimum atomic E-state index is -0.500. The van der Waals surface area contributed by atoms with Gasteiger partial charge in [-0.05, 0) is 30.0 Å². The van der Waals surface area contributed by atoms with Crippen LogP contribution in [-0.2, 0) is 17.7 Å². The Hall–Kier alpha value is -2.51. The van der Waals surface area contributed by atoms with Gasteiger partial charge in [-0.2, -0.15) is 4.98 Å². The summed E-state index contributed by atoms with van der Waals surface area (Å²) in [6.07, 6.45) is 0.686. The number of hydrogen-bond donors (Lipinski definition) is 2. The third-order valence-corrected chi connectivity index (χ3v) is 4.42. The van der Waals surface area contributed by atoms with Crippen LogP contribution in [0.1, 0.15) is 35.6 Å². The summed E-state index contributed by atoms with van der Waals surface area (Å²) >= 11 is 0. The van der Waals surface area contributed by atoms with Crippen LogP contribution in [0.5, 0.6) is 0 Å². The van der Waals surface area contributed by atoms with Gasteiger partial charge in [0.15, 0.2) is 0 Å². The molecular formula is C20H26N4O3. The fourth-order valence-corrected chi connectivity index (χ4v) is 3.14. The van der Waals surface area contributed by atoms with Gasteiger partial charge in [-0.3, -0.25) is 9.69 Å². The molecule has 1 saturated heterocycles. The predicted molar refractivity (Wildman–Crippen MR) is 104 cm³/mol. The molecule has 1 amide bonds. The smallest absolute Gasteiger partial charge is 0.345 e. The molecule has 1 fully saturated rings. The van der Waals surface area contributed by atoms with E-state index in [0.717, 1.165) is 49.8 Å². The molecule has 0 spiro atoms. The summed E-state index contributed by atoms with van der Waals surface area (Å²) in [6.45, 7) is 8.04. The predicted octanol–water partition coefficient (Wildman–Crippen LogP) is 2.05. The average molecular weight is 370 g/mol. The highest BCUT2D eigenvalue weighted by molar-refractivity contribution is 6.03. The molecule has 7 heteroatoms. The Kier molecular flexibility index (Phi) is 6.36. The van der Waals surface area contributed by atoms with Crippen molar-refractivity contribution in [3.8, 4) is 0 Å². The number of benzene rings is 1. The van der Waals surface area contributed by atoms with E-state index in [9.17, 15) is 9.59 Å². The Labute approximate surface area is 158 Å². The van der Waals surface area contributed by atoms with Crippen LogP contribution in [0, 0.1) is 5.92 Å². The van der Waals surface area contributed by atoms with Crippen molar-refractivity contribution < 1.29 is 9.53 Å². The van der Waals surface area contributed by atoms with Crippen molar-refractivity contribution in [1.29, 1.82) is 0 Å². The minimum Gasteiger partial charge on any atom is -0.379 e. The normalized spacial score (nSPS) is 15.1. The highest BCUT2D eigenvalue weighted by Crippen LogP contribution is 2.19. The lowest BCUT2D eigenvalue weighted by molar-refractivity contribution is 0.0342. The molecule has 1 aliphatic heterocycles.